The van der Waals surface area contributed by atoms with Crippen LogP contribution in [0.1, 0.15) is 5.82 Å². The molecule has 1 aromatic carbocycles. The lowest BCUT2D eigenvalue weighted by atomic mass is 10.2. The molecule has 0 aliphatic rings. The number of nitrogens with zero attached hydrogens (tertiary/aromatic N) is 3. The minimum Gasteiger partial charge on any atom is -0.510 e. The second-order valence-electron chi connectivity index (χ2n) is 4.80. The summed E-state index contributed by atoms with van der Waals surface area (Å²) >= 11 is 1.05. The maximum Gasteiger partial charge on any atom is 0.253 e. The van der Waals surface area contributed by atoms with Gasteiger partial charge in [-0.3, -0.25) is 4.79 Å². The zero-order valence-corrected chi connectivity index (χ0v) is 13.1. The number of hydrogen-bond donors (Lipinski definition) is 4. The highest BCUT2D eigenvalue weighted by Gasteiger charge is 2.14. The van der Waals surface area contributed by atoms with Gasteiger partial charge in [-0.25, -0.2) is 9.97 Å². The summed E-state index contributed by atoms with van der Waals surface area (Å²) in [5, 5.41) is 19.8. The number of benzene rings is 1. The predicted octanol–water partition coefficient (Wildman–Crippen LogP) is 1.81. The van der Waals surface area contributed by atoms with E-state index in [-0.39, 0.29) is 39.4 Å². The number of aliphatic hydroxyl groups is 1. The van der Waals surface area contributed by atoms with Crippen LogP contribution >= 0.6 is 11.8 Å². The molecule has 0 saturated carbocycles. The van der Waals surface area contributed by atoms with E-state index in [0.717, 1.165) is 23.3 Å². The van der Waals surface area contributed by atoms with Crippen molar-refractivity contribution in [3.8, 4) is 6.07 Å². The van der Waals surface area contributed by atoms with Gasteiger partial charge in [0.2, 0.25) is 0 Å². The number of H-pyrrole nitrogens is 2. The minimum atomic E-state index is -0.383. The molecular formula is C15H12N6O2S. The predicted molar refractivity (Wildman–Crippen MR) is 91.2 cm³/mol. The molecule has 0 radical (unpaired) electrons. The van der Waals surface area contributed by atoms with Gasteiger partial charge in [0.15, 0.2) is 11.0 Å². The summed E-state index contributed by atoms with van der Waals surface area (Å²) in [4.78, 5) is 25.1. The van der Waals surface area contributed by atoms with Gasteiger partial charge in [-0.1, -0.05) is 23.9 Å². The quantitative estimate of drug-likeness (QED) is 0.245. The summed E-state index contributed by atoms with van der Waals surface area (Å²) in [7, 11) is 0. The molecule has 0 aliphatic heterocycles. The van der Waals surface area contributed by atoms with E-state index in [2.05, 4.69) is 19.9 Å². The zero-order chi connectivity index (χ0) is 17.1. The van der Waals surface area contributed by atoms with Gasteiger partial charge in [0.1, 0.15) is 23.2 Å². The van der Waals surface area contributed by atoms with E-state index < -0.39 is 0 Å². The number of imidazole rings is 1. The normalized spacial score (nSPS) is 12.0. The number of aromatic nitrogens is 4. The maximum atomic E-state index is 11.3. The van der Waals surface area contributed by atoms with Gasteiger partial charge in [-0.2, -0.15) is 5.26 Å². The van der Waals surface area contributed by atoms with E-state index in [4.69, 9.17) is 5.73 Å². The summed E-state index contributed by atoms with van der Waals surface area (Å²) in [6.45, 7) is 0. The summed E-state index contributed by atoms with van der Waals surface area (Å²) in [6.07, 6.45) is 0. The number of nitrogens with one attached hydrogen (secondary N) is 2. The fourth-order valence-corrected chi connectivity index (χ4v) is 2.82. The largest absolute Gasteiger partial charge is 0.510 e. The van der Waals surface area contributed by atoms with Crippen LogP contribution in [0.15, 0.2) is 46.0 Å². The number of fused-ring (bicyclic) bond motifs is 1. The van der Waals surface area contributed by atoms with Crippen LogP contribution < -0.4 is 11.3 Å². The second-order valence-corrected chi connectivity index (χ2v) is 5.76. The molecule has 5 N–H and O–H groups in total. The number of aliphatic hydroxyl groups excluding tert-OH is 1. The number of anilines is 1. The highest BCUT2D eigenvalue weighted by atomic mass is 32.2. The first-order valence-corrected chi connectivity index (χ1v) is 7.82. The lowest BCUT2D eigenvalue weighted by Crippen LogP contribution is -2.09. The molecule has 2 heterocycles. The van der Waals surface area contributed by atoms with Gasteiger partial charge >= 0.3 is 0 Å². The van der Waals surface area contributed by atoms with Crippen LogP contribution in [0, 0.1) is 11.3 Å². The van der Waals surface area contributed by atoms with Crippen LogP contribution in [-0.2, 0) is 0 Å². The molecule has 0 atom stereocenters. The van der Waals surface area contributed by atoms with Crippen molar-refractivity contribution in [1.82, 2.24) is 19.9 Å². The van der Waals surface area contributed by atoms with Crippen molar-refractivity contribution in [2.24, 2.45) is 0 Å². The maximum absolute atomic E-state index is 11.3. The third kappa shape index (κ3) is 3.23. The molecule has 0 aliphatic carbocycles. The molecule has 0 saturated heterocycles. The number of nitrogens with two attached hydrogens (primary N) is 1. The Bertz CT molecular complexity index is 997. The van der Waals surface area contributed by atoms with E-state index in [0.29, 0.717) is 5.52 Å². The number of thioether (sulfide) groups is 1. The molecule has 120 valence electrons. The Morgan fingerprint density at radius 2 is 2.12 bits per heavy atom. The Morgan fingerprint density at radius 3 is 2.83 bits per heavy atom. The van der Waals surface area contributed by atoms with Crippen molar-refractivity contribution in [2.45, 2.75) is 5.16 Å². The van der Waals surface area contributed by atoms with Crippen molar-refractivity contribution in [1.29, 1.82) is 5.26 Å². The van der Waals surface area contributed by atoms with Crippen LogP contribution in [0.4, 0.5) is 5.82 Å². The first-order valence-electron chi connectivity index (χ1n) is 6.84. The number of hydrogen-bond acceptors (Lipinski definition) is 7. The van der Waals surface area contributed by atoms with Crippen LogP contribution in [0.5, 0.6) is 0 Å². The summed E-state index contributed by atoms with van der Waals surface area (Å²) in [6, 6.07) is 10.4. The minimum absolute atomic E-state index is 0.0324. The van der Waals surface area contributed by atoms with Crippen molar-refractivity contribution in [2.75, 3.05) is 11.5 Å². The average Bonchev–Trinajstić information content (AvgIpc) is 2.96. The SMILES string of the molecule is N#C/C(=C(/O)CSc1nc(N)cc(=O)[nH]1)c1nc2ccccc2[nH]1. The second kappa shape index (κ2) is 6.47. The third-order valence-electron chi connectivity index (χ3n) is 3.11. The Kier molecular flexibility index (Phi) is 4.22. The number of para-hydroxylation sites is 2. The first-order chi connectivity index (χ1) is 11.6. The number of rotatable bonds is 4. The molecule has 9 heteroatoms. The van der Waals surface area contributed by atoms with Gasteiger partial charge in [0.25, 0.3) is 5.56 Å². The third-order valence-corrected chi connectivity index (χ3v) is 4.00. The number of nitrogen functional groups attached to an aromatic ring is 1. The fraction of sp³-hybridized carbons (Fsp3) is 0.0667. The molecule has 8 nitrogen and oxygen atoms in total. The summed E-state index contributed by atoms with van der Waals surface area (Å²) in [5.74, 6) is 0.228. The average molecular weight is 340 g/mol. The van der Waals surface area contributed by atoms with E-state index in [1.165, 1.54) is 0 Å². The van der Waals surface area contributed by atoms with Crippen molar-refractivity contribution < 1.29 is 5.11 Å². The van der Waals surface area contributed by atoms with E-state index in [9.17, 15) is 15.2 Å². The van der Waals surface area contributed by atoms with Gasteiger partial charge < -0.3 is 20.8 Å². The Labute approximate surface area is 140 Å². The highest BCUT2D eigenvalue weighted by molar-refractivity contribution is 7.99. The van der Waals surface area contributed by atoms with E-state index in [1.54, 1.807) is 6.07 Å². The van der Waals surface area contributed by atoms with Crippen molar-refractivity contribution in [3.63, 3.8) is 0 Å². The summed E-state index contributed by atoms with van der Waals surface area (Å²) in [5.41, 5.74) is 6.61. The highest BCUT2D eigenvalue weighted by Crippen LogP contribution is 2.22. The Hall–Kier alpha value is -3.25. The molecule has 0 unspecified atom stereocenters. The molecule has 0 bridgehead atoms. The standard InChI is InChI=1S/C15H12N6O2S/c16-6-8(14-18-9-3-1-2-4-10(9)19-14)11(22)7-24-15-20-12(17)5-13(23)21-15/h1-5,22H,7H2,(H,18,19)(H3,17,20,21,23)/b11-8-. The molecule has 3 rings (SSSR count). The Morgan fingerprint density at radius 1 is 1.33 bits per heavy atom. The molecule has 0 fully saturated rings. The van der Waals surface area contributed by atoms with Crippen LogP contribution in [-0.4, -0.2) is 30.8 Å². The van der Waals surface area contributed by atoms with E-state index >= 15 is 0 Å². The lowest BCUT2D eigenvalue weighted by Gasteiger charge is -2.03. The molecule has 24 heavy (non-hydrogen) atoms. The molecular weight excluding hydrogens is 328 g/mol. The van der Waals surface area contributed by atoms with Crippen molar-refractivity contribution in [3.05, 3.63) is 52.3 Å². The van der Waals surface area contributed by atoms with Gasteiger partial charge in [-0.15, -0.1) is 0 Å². The number of nitriles is 1. The summed E-state index contributed by atoms with van der Waals surface area (Å²) < 4.78 is 0. The van der Waals surface area contributed by atoms with Crippen LogP contribution in [0.3, 0.4) is 0 Å². The van der Waals surface area contributed by atoms with E-state index in [1.807, 2.05) is 24.3 Å². The fourth-order valence-electron chi connectivity index (χ4n) is 2.06. The topological polar surface area (TPSA) is 144 Å². The van der Waals surface area contributed by atoms with Gasteiger partial charge in [0, 0.05) is 6.07 Å². The number of allylic oxidation sites excluding steroid dienone is 1. The van der Waals surface area contributed by atoms with Crippen LogP contribution in [0.25, 0.3) is 16.6 Å². The molecule has 2 aromatic heterocycles. The Balaban J connectivity index is 1.87. The van der Waals surface area contributed by atoms with Crippen LogP contribution in [0.2, 0.25) is 0 Å². The number of aromatic amines is 2. The molecule has 0 amide bonds. The molecule has 3 aromatic rings. The zero-order valence-electron chi connectivity index (χ0n) is 12.3. The lowest BCUT2D eigenvalue weighted by molar-refractivity contribution is 0.420. The smallest absolute Gasteiger partial charge is 0.253 e. The van der Waals surface area contributed by atoms with Gasteiger partial charge in [-0.05, 0) is 12.1 Å². The van der Waals surface area contributed by atoms with Crippen molar-refractivity contribution >= 4 is 34.2 Å². The first kappa shape index (κ1) is 15.6. The van der Waals surface area contributed by atoms with Gasteiger partial charge in [0.05, 0.1) is 16.8 Å². The molecule has 0 spiro atoms. The monoisotopic (exact) mass is 340 g/mol.